The first-order chi connectivity index (χ1) is 7.43. The monoisotopic (exact) mass is 227 g/mol. The Morgan fingerprint density at radius 1 is 1.12 bits per heavy atom. The lowest BCUT2D eigenvalue weighted by Crippen LogP contribution is -2.55. The van der Waals surface area contributed by atoms with Gasteiger partial charge in [-0.2, -0.15) is 0 Å². The van der Waals surface area contributed by atoms with Crippen LogP contribution in [0.25, 0.3) is 0 Å². The first kappa shape index (κ1) is 13.9. The number of hydrogen-bond donors (Lipinski definition) is 1. The molecule has 0 aromatic heterocycles. The van der Waals surface area contributed by atoms with Crippen molar-refractivity contribution < 1.29 is 0 Å². The molecule has 3 heteroatoms. The summed E-state index contributed by atoms with van der Waals surface area (Å²) < 4.78 is 0. The normalized spacial score (nSPS) is 22.3. The molecular weight excluding hydrogens is 198 g/mol. The van der Waals surface area contributed by atoms with E-state index in [1.165, 1.54) is 32.6 Å². The summed E-state index contributed by atoms with van der Waals surface area (Å²) in [5, 5.41) is 0. The maximum absolute atomic E-state index is 6.08. The van der Waals surface area contributed by atoms with Crippen molar-refractivity contribution in [3.8, 4) is 0 Å². The fourth-order valence-electron chi connectivity index (χ4n) is 2.39. The molecule has 0 bridgehead atoms. The second-order valence-corrected chi connectivity index (χ2v) is 6.01. The van der Waals surface area contributed by atoms with E-state index in [1.807, 2.05) is 0 Å². The average molecular weight is 227 g/mol. The standard InChI is InChI=1S/C13H29N3/c1-5-6-12(14)11-15-7-9-16(10-8-15)13(2,3)4/h12H,5-11,14H2,1-4H3. The molecule has 1 unspecified atom stereocenters. The molecule has 0 aromatic rings. The third-order valence-electron chi connectivity index (χ3n) is 3.47. The Morgan fingerprint density at radius 2 is 1.69 bits per heavy atom. The van der Waals surface area contributed by atoms with Crippen molar-refractivity contribution in [2.24, 2.45) is 5.73 Å². The molecule has 1 aliphatic rings. The quantitative estimate of drug-likeness (QED) is 0.790. The topological polar surface area (TPSA) is 32.5 Å². The van der Waals surface area contributed by atoms with Crippen LogP contribution >= 0.6 is 0 Å². The Labute approximate surface area is 101 Å². The van der Waals surface area contributed by atoms with Crippen LogP contribution in [0.1, 0.15) is 40.5 Å². The Balaban J connectivity index is 2.27. The molecule has 1 fully saturated rings. The molecule has 3 nitrogen and oxygen atoms in total. The Morgan fingerprint density at radius 3 is 2.12 bits per heavy atom. The van der Waals surface area contributed by atoms with Gasteiger partial charge in [-0.1, -0.05) is 13.3 Å². The van der Waals surface area contributed by atoms with E-state index in [2.05, 4.69) is 37.5 Å². The summed E-state index contributed by atoms with van der Waals surface area (Å²) in [6.45, 7) is 14.9. The summed E-state index contributed by atoms with van der Waals surface area (Å²) in [6.07, 6.45) is 2.35. The number of nitrogens with two attached hydrogens (primary N) is 1. The lowest BCUT2D eigenvalue weighted by Gasteiger charge is -2.42. The van der Waals surface area contributed by atoms with Crippen molar-refractivity contribution in [3.63, 3.8) is 0 Å². The summed E-state index contributed by atoms with van der Waals surface area (Å²) >= 11 is 0. The van der Waals surface area contributed by atoms with Crippen LogP contribution < -0.4 is 5.73 Å². The predicted octanol–water partition coefficient (Wildman–Crippen LogP) is 1.53. The summed E-state index contributed by atoms with van der Waals surface area (Å²) in [5.41, 5.74) is 6.40. The van der Waals surface area contributed by atoms with Gasteiger partial charge in [0.1, 0.15) is 0 Å². The van der Waals surface area contributed by atoms with Crippen molar-refractivity contribution >= 4 is 0 Å². The lowest BCUT2D eigenvalue weighted by molar-refractivity contribution is 0.0595. The molecule has 1 saturated heterocycles. The maximum atomic E-state index is 6.08. The minimum atomic E-state index is 0.317. The van der Waals surface area contributed by atoms with Crippen LogP contribution in [-0.4, -0.2) is 54.1 Å². The van der Waals surface area contributed by atoms with E-state index in [0.29, 0.717) is 11.6 Å². The fraction of sp³-hybridized carbons (Fsp3) is 1.00. The van der Waals surface area contributed by atoms with Crippen molar-refractivity contribution in [1.82, 2.24) is 9.80 Å². The van der Waals surface area contributed by atoms with Crippen LogP contribution in [0.5, 0.6) is 0 Å². The highest BCUT2D eigenvalue weighted by Gasteiger charge is 2.25. The van der Waals surface area contributed by atoms with E-state index >= 15 is 0 Å². The average Bonchev–Trinajstić information content (AvgIpc) is 2.17. The van der Waals surface area contributed by atoms with Crippen molar-refractivity contribution in [2.45, 2.75) is 52.1 Å². The van der Waals surface area contributed by atoms with Gasteiger partial charge in [0.15, 0.2) is 0 Å². The zero-order valence-corrected chi connectivity index (χ0v) is 11.5. The van der Waals surface area contributed by atoms with Crippen LogP contribution in [0.2, 0.25) is 0 Å². The molecular formula is C13H29N3. The number of hydrogen-bond acceptors (Lipinski definition) is 3. The molecule has 0 spiro atoms. The zero-order chi connectivity index (χ0) is 12.2. The van der Waals surface area contributed by atoms with Gasteiger partial charge in [-0.25, -0.2) is 0 Å². The molecule has 0 saturated carbocycles. The van der Waals surface area contributed by atoms with E-state index in [4.69, 9.17) is 5.73 Å². The first-order valence-electron chi connectivity index (χ1n) is 6.66. The van der Waals surface area contributed by atoms with Gasteiger partial charge < -0.3 is 5.73 Å². The van der Waals surface area contributed by atoms with Gasteiger partial charge in [-0.05, 0) is 27.2 Å². The van der Waals surface area contributed by atoms with E-state index in [1.54, 1.807) is 0 Å². The SMILES string of the molecule is CCCC(N)CN1CCN(C(C)(C)C)CC1. The molecule has 0 aliphatic carbocycles. The summed E-state index contributed by atoms with van der Waals surface area (Å²) in [7, 11) is 0. The van der Waals surface area contributed by atoms with E-state index in [0.717, 1.165) is 13.0 Å². The number of rotatable bonds is 4. The third kappa shape index (κ3) is 4.40. The minimum Gasteiger partial charge on any atom is -0.327 e. The Kier molecular flexibility index (Phi) is 5.22. The summed E-state index contributed by atoms with van der Waals surface area (Å²) in [6, 6.07) is 0.367. The van der Waals surface area contributed by atoms with Crippen molar-refractivity contribution in [2.75, 3.05) is 32.7 Å². The van der Waals surface area contributed by atoms with Crippen LogP contribution in [-0.2, 0) is 0 Å². The van der Waals surface area contributed by atoms with Crippen LogP contribution in [0, 0.1) is 0 Å². The molecule has 1 aliphatic heterocycles. The van der Waals surface area contributed by atoms with E-state index < -0.39 is 0 Å². The van der Waals surface area contributed by atoms with Crippen LogP contribution in [0.15, 0.2) is 0 Å². The second kappa shape index (κ2) is 5.99. The molecule has 0 amide bonds. The maximum Gasteiger partial charge on any atom is 0.0167 e. The van der Waals surface area contributed by atoms with E-state index in [-0.39, 0.29) is 0 Å². The molecule has 96 valence electrons. The largest absolute Gasteiger partial charge is 0.327 e. The highest BCUT2D eigenvalue weighted by atomic mass is 15.3. The number of nitrogens with zero attached hydrogens (tertiary/aromatic N) is 2. The molecule has 0 radical (unpaired) electrons. The van der Waals surface area contributed by atoms with Gasteiger partial charge >= 0.3 is 0 Å². The highest BCUT2D eigenvalue weighted by molar-refractivity contribution is 4.83. The number of piperazine rings is 1. The molecule has 1 rings (SSSR count). The Hall–Kier alpha value is -0.120. The molecule has 1 atom stereocenters. The highest BCUT2D eigenvalue weighted by Crippen LogP contribution is 2.15. The van der Waals surface area contributed by atoms with Gasteiger partial charge in [0.2, 0.25) is 0 Å². The smallest absolute Gasteiger partial charge is 0.0167 e. The van der Waals surface area contributed by atoms with Crippen molar-refractivity contribution in [3.05, 3.63) is 0 Å². The Bertz CT molecular complexity index is 190. The van der Waals surface area contributed by atoms with Gasteiger partial charge in [-0.15, -0.1) is 0 Å². The van der Waals surface area contributed by atoms with E-state index in [9.17, 15) is 0 Å². The van der Waals surface area contributed by atoms with Crippen LogP contribution in [0.4, 0.5) is 0 Å². The molecule has 1 heterocycles. The molecule has 16 heavy (non-hydrogen) atoms. The van der Waals surface area contributed by atoms with Gasteiger partial charge in [-0.3, -0.25) is 9.80 Å². The third-order valence-corrected chi connectivity index (χ3v) is 3.47. The van der Waals surface area contributed by atoms with Crippen LogP contribution in [0.3, 0.4) is 0 Å². The summed E-state index contributed by atoms with van der Waals surface area (Å²) in [4.78, 5) is 5.08. The van der Waals surface area contributed by atoms with Gasteiger partial charge in [0.05, 0.1) is 0 Å². The zero-order valence-electron chi connectivity index (χ0n) is 11.5. The van der Waals surface area contributed by atoms with Gasteiger partial charge in [0.25, 0.3) is 0 Å². The fourth-order valence-corrected chi connectivity index (χ4v) is 2.39. The molecule has 0 aromatic carbocycles. The predicted molar refractivity (Wildman–Crippen MR) is 70.6 cm³/mol. The second-order valence-electron chi connectivity index (χ2n) is 6.01. The van der Waals surface area contributed by atoms with Crippen molar-refractivity contribution in [1.29, 1.82) is 0 Å². The lowest BCUT2D eigenvalue weighted by atomic mass is 10.0. The summed E-state index contributed by atoms with van der Waals surface area (Å²) in [5.74, 6) is 0. The molecule has 2 N–H and O–H groups in total. The first-order valence-corrected chi connectivity index (χ1v) is 6.66. The minimum absolute atomic E-state index is 0.317. The van der Waals surface area contributed by atoms with Gasteiger partial charge in [0, 0.05) is 44.3 Å².